The van der Waals surface area contributed by atoms with Gasteiger partial charge in [-0.15, -0.1) is 0 Å². The molecule has 1 nitrogen and oxygen atoms in total. The van der Waals surface area contributed by atoms with Crippen LogP contribution in [-0.4, -0.2) is 7.05 Å². The molecule has 1 N–H and O–H groups in total. The molecule has 6 heteroatoms. The average Bonchev–Trinajstić information content (AvgIpc) is 2.38. The summed E-state index contributed by atoms with van der Waals surface area (Å²) < 4.78 is 52.7. The molecule has 1 atom stereocenters. The third kappa shape index (κ3) is 3.54. The molecule has 0 fully saturated rings. The Morgan fingerprint density at radius 2 is 1.81 bits per heavy atom. The van der Waals surface area contributed by atoms with Gasteiger partial charge in [0.15, 0.2) is 0 Å². The minimum absolute atomic E-state index is 0.174. The average molecular weight is 318 g/mol. The van der Waals surface area contributed by atoms with E-state index in [0.717, 1.165) is 18.2 Å². The van der Waals surface area contributed by atoms with E-state index >= 15 is 0 Å². The Bertz CT molecular complexity index is 640. The lowest BCUT2D eigenvalue weighted by atomic mass is 9.94. The van der Waals surface area contributed by atoms with Gasteiger partial charge in [-0.25, -0.2) is 4.39 Å². The van der Waals surface area contributed by atoms with Crippen LogP contribution >= 0.6 is 11.6 Å². The Labute approximate surface area is 124 Å². The van der Waals surface area contributed by atoms with Crippen molar-refractivity contribution < 1.29 is 17.6 Å². The molecule has 0 bridgehead atoms. The molecule has 0 aliphatic carbocycles. The molecular formula is C15H12ClF4N. The molecular weight excluding hydrogens is 306 g/mol. The first kappa shape index (κ1) is 15.8. The van der Waals surface area contributed by atoms with Gasteiger partial charge in [0.25, 0.3) is 0 Å². The van der Waals surface area contributed by atoms with E-state index in [1.165, 1.54) is 7.05 Å². The zero-order valence-electron chi connectivity index (χ0n) is 11.0. The van der Waals surface area contributed by atoms with Crippen molar-refractivity contribution in [1.82, 2.24) is 5.32 Å². The second-order valence-corrected chi connectivity index (χ2v) is 4.94. The van der Waals surface area contributed by atoms with Crippen LogP contribution in [0.15, 0.2) is 42.5 Å². The second-order valence-electron chi connectivity index (χ2n) is 4.51. The smallest absolute Gasteiger partial charge is 0.309 e. The number of halogens is 5. The number of alkyl halides is 3. The van der Waals surface area contributed by atoms with Gasteiger partial charge in [0.1, 0.15) is 5.82 Å². The van der Waals surface area contributed by atoms with Crippen LogP contribution in [0.5, 0.6) is 0 Å². The fraction of sp³-hybridized carbons (Fsp3) is 0.200. The predicted octanol–water partition coefficient (Wildman–Crippen LogP) is 4.81. The van der Waals surface area contributed by atoms with E-state index < -0.39 is 23.6 Å². The number of hydrogen-bond acceptors (Lipinski definition) is 1. The van der Waals surface area contributed by atoms with E-state index in [-0.39, 0.29) is 5.56 Å². The second kappa shape index (κ2) is 6.03. The van der Waals surface area contributed by atoms with Crippen LogP contribution in [0.2, 0.25) is 5.02 Å². The highest BCUT2D eigenvalue weighted by Crippen LogP contribution is 2.37. The summed E-state index contributed by atoms with van der Waals surface area (Å²) in [6.45, 7) is 0. The number of benzene rings is 2. The SMILES string of the molecule is CNC(c1cccc(Cl)c1)c1cc(F)ccc1C(F)(F)F. The summed E-state index contributed by atoms with van der Waals surface area (Å²) in [4.78, 5) is 0. The van der Waals surface area contributed by atoms with E-state index in [1.54, 1.807) is 24.3 Å². The molecule has 2 rings (SSSR count). The maximum Gasteiger partial charge on any atom is 0.416 e. The van der Waals surface area contributed by atoms with Crippen molar-refractivity contribution in [1.29, 1.82) is 0 Å². The Morgan fingerprint density at radius 1 is 1.10 bits per heavy atom. The van der Waals surface area contributed by atoms with Crippen LogP contribution < -0.4 is 5.32 Å². The third-order valence-electron chi connectivity index (χ3n) is 3.10. The van der Waals surface area contributed by atoms with Crippen LogP contribution in [-0.2, 0) is 6.18 Å². The Morgan fingerprint density at radius 3 is 2.38 bits per heavy atom. The lowest BCUT2D eigenvalue weighted by Crippen LogP contribution is -2.22. The summed E-state index contributed by atoms with van der Waals surface area (Å²) in [5, 5.41) is 3.18. The van der Waals surface area contributed by atoms with Gasteiger partial charge < -0.3 is 5.32 Å². The van der Waals surface area contributed by atoms with Gasteiger partial charge >= 0.3 is 6.18 Å². The molecule has 0 saturated heterocycles. The molecule has 2 aromatic carbocycles. The first-order valence-corrected chi connectivity index (χ1v) is 6.50. The zero-order chi connectivity index (χ0) is 15.6. The summed E-state index contributed by atoms with van der Waals surface area (Å²) in [7, 11) is 1.51. The largest absolute Gasteiger partial charge is 0.416 e. The van der Waals surface area contributed by atoms with Crippen molar-refractivity contribution in [2.75, 3.05) is 7.05 Å². The molecule has 21 heavy (non-hydrogen) atoms. The fourth-order valence-electron chi connectivity index (χ4n) is 2.22. The van der Waals surface area contributed by atoms with Gasteiger partial charge in [-0.05, 0) is 48.5 Å². The number of rotatable bonds is 3. The van der Waals surface area contributed by atoms with Crippen LogP contribution in [0.1, 0.15) is 22.7 Å². The molecule has 0 spiro atoms. The molecule has 0 aliphatic heterocycles. The van der Waals surface area contributed by atoms with E-state index in [9.17, 15) is 17.6 Å². The first-order chi connectivity index (χ1) is 9.82. The highest BCUT2D eigenvalue weighted by atomic mass is 35.5. The maximum absolute atomic E-state index is 13.4. The maximum atomic E-state index is 13.4. The van der Waals surface area contributed by atoms with Gasteiger partial charge in [-0.2, -0.15) is 13.2 Å². The molecule has 0 aromatic heterocycles. The van der Waals surface area contributed by atoms with Gasteiger partial charge in [-0.1, -0.05) is 23.7 Å². The highest BCUT2D eigenvalue weighted by Gasteiger charge is 2.35. The van der Waals surface area contributed by atoms with Crippen LogP contribution in [0.3, 0.4) is 0 Å². The van der Waals surface area contributed by atoms with E-state index in [1.807, 2.05) is 0 Å². The zero-order valence-corrected chi connectivity index (χ0v) is 11.8. The minimum atomic E-state index is -4.56. The normalized spacial score (nSPS) is 13.2. The van der Waals surface area contributed by atoms with Crippen molar-refractivity contribution in [3.63, 3.8) is 0 Å². The Hall–Kier alpha value is -1.59. The lowest BCUT2D eigenvalue weighted by Gasteiger charge is -2.22. The van der Waals surface area contributed by atoms with E-state index in [0.29, 0.717) is 10.6 Å². The van der Waals surface area contributed by atoms with Crippen molar-refractivity contribution in [3.8, 4) is 0 Å². The summed E-state index contributed by atoms with van der Waals surface area (Å²) >= 11 is 5.87. The summed E-state index contributed by atoms with van der Waals surface area (Å²) in [5.41, 5.74) is -0.517. The van der Waals surface area contributed by atoms with Crippen LogP contribution in [0.25, 0.3) is 0 Å². The Balaban J connectivity index is 2.59. The van der Waals surface area contributed by atoms with Crippen molar-refractivity contribution >= 4 is 11.6 Å². The van der Waals surface area contributed by atoms with Crippen molar-refractivity contribution in [3.05, 3.63) is 70.0 Å². The monoisotopic (exact) mass is 317 g/mol. The van der Waals surface area contributed by atoms with Gasteiger partial charge in [0.05, 0.1) is 11.6 Å². The first-order valence-electron chi connectivity index (χ1n) is 6.12. The van der Waals surface area contributed by atoms with Gasteiger partial charge in [0, 0.05) is 5.02 Å². The van der Waals surface area contributed by atoms with Crippen molar-refractivity contribution in [2.24, 2.45) is 0 Å². The molecule has 0 saturated carbocycles. The van der Waals surface area contributed by atoms with Crippen LogP contribution in [0.4, 0.5) is 17.6 Å². The molecule has 1 unspecified atom stereocenters. The molecule has 2 aromatic rings. The number of nitrogens with one attached hydrogen (secondary N) is 1. The Kier molecular flexibility index (Phi) is 4.54. The quantitative estimate of drug-likeness (QED) is 0.801. The summed E-state index contributed by atoms with van der Waals surface area (Å²) in [6, 6.07) is 8.08. The molecule has 0 aliphatic rings. The summed E-state index contributed by atoms with van der Waals surface area (Å²) in [6.07, 6.45) is -4.56. The predicted molar refractivity (Wildman–Crippen MR) is 73.8 cm³/mol. The molecule has 0 radical (unpaired) electrons. The van der Waals surface area contributed by atoms with Gasteiger partial charge in [0.2, 0.25) is 0 Å². The van der Waals surface area contributed by atoms with Crippen LogP contribution in [0, 0.1) is 5.82 Å². The van der Waals surface area contributed by atoms with Crippen molar-refractivity contribution in [2.45, 2.75) is 12.2 Å². The minimum Gasteiger partial charge on any atom is -0.309 e. The molecule has 0 amide bonds. The topological polar surface area (TPSA) is 12.0 Å². The van der Waals surface area contributed by atoms with Gasteiger partial charge in [-0.3, -0.25) is 0 Å². The third-order valence-corrected chi connectivity index (χ3v) is 3.34. The molecule has 112 valence electrons. The summed E-state index contributed by atoms with van der Waals surface area (Å²) in [5.74, 6) is -0.722. The molecule has 0 heterocycles. The highest BCUT2D eigenvalue weighted by molar-refractivity contribution is 6.30. The standard InChI is InChI=1S/C15H12ClF4N/c1-21-14(9-3-2-4-10(16)7-9)12-8-11(17)5-6-13(12)15(18,19)20/h2-8,14,21H,1H3. The lowest BCUT2D eigenvalue weighted by molar-refractivity contribution is -0.138. The number of hydrogen-bond donors (Lipinski definition) is 1. The van der Waals surface area contributed by atoms with E-state index in [2.05, 4.69) is 5.32 Å². The fourth-order valence-corrected chi connectivity index (χ4v) is 2.42. The van der Waals surface area contributed by atoms with E-state index in [4.69, 9.17) is 11.6 Å².